The van der Waals surface area contributed by atoms with Crippen LogP contribution in [0.3, 0.4) is 0 Å². The molecule has 0 spiro atoms. The molecule has 3 saturated heterocycles. The predicted molar refractivity (Wildman–Crippen MR) is 172 cm³/mol. The lowest BCUT2D eigenvalue weighted by molar-refractivity contribution is -0.251. The molecule has 0 aromatic carbocycles. The summed E-state index contributed by atoms with van der Waals surface area (Å²) in [5.41, 5.74) is -2.65. The second-order valence-electron chi connectivity index (χ2n) is 17.0. The van der Waals surface area contributed by atoms with Gasteiger partial charge in [0, 0.05) is 51.4 Å². The number of nitrogens with zero attached hydrogens (tertiary/aromatic N) is 7. The zero-order valence-corrected chi connectivity index (χ0v) is 29.7. The van der Waals surface area contributed by atoms with Crippen molar-refractivity contribution in [1.82, 2.24) is 30.1 Å². The van der Waals surface area contributed by atoms with Gasteiger partial charge >= 0.3 is 0 Å². The van der Waals surface area contributed by atoms with Crippen LogP contribution in [0.2, 0.25) is 0 Å². The third-order valence-corrected chi connectivity index (χ3v) is 10.6. The molecule has 0 saturated carbocycles. The lowest BCUT2D eigenvalue weighted by Crippen LogP contribution is -2.67. The Morgan fingerprint density at radius 1 is 0.605 bits per heavy atom. The maximum absolute atomic E-state index is 11.2. The topological polar surface area (TPSA) is 124 Å². The first-order chi connectivity index (χ1) is 19.4. The van der Waals surface area contributed by atoms with Crippen molar-refractivity contribution in [2.24, 2.45) is 0 Å². The minimum absolute atomic E-state index is 0.0516. The molecule has 11 nitrogen and oxygen atoms in total. The zero-order valence-electron chi connectivity index (χ0n) is 28.9. The first-order valence-electron chi connectivity index (χ1n) is 15.7. The molecule has 4 rings (SSSR count). The quantitative estimate of drug-likeness (QED) is 0.276. The van der Waals surface area contributed by atoms with Gasteiger partial charge in [0.2, 0.25) is 11.9 Å². The lowest BCUT2D eigenvalue weighted by atomic mass is 9.75. The minimum Gasteiger partial charge on any atom is -0.351 e. The highest BCUT2D eigenvalue weighted by molar-refractivity contribution is 7.98. The predicted octanol–water partition coefficient (Wildman–Crippen LogP) is 6.04. The summed E-state index contributed by atoms with van der Waals surface area (Å²) in [4.78, 5) is 17.3. The Hall–Kier alpha value is -1.28. The minimum atomic E-state index is -0.459. The second-order valence-corrected chi connectivity index (χ2v) is 17.8. The van der Waals surface area contributed by atoms with Crippen LogP contribution in [0.4, 0.5) is 11.9 Å². The molecule has 1 aromatic rings. The largest absolute Gasteiger partial charge is 0.351 e. The van der Waals surface area contributed by atoms with E-state index in [-0.39, 0.29) is 18.1 Å². The van der Waals surface area contributed by atoms with Crippen LogP contribution in [0.1, 0.15) is 122 Å². The zero-order chi connectivity index (χ0) is 32.6. The Bertz CT molecular complexity index is 1080. The van der Waals surface area contributed by atoms with Crippen molar-refractivity contribution in [3.05, 3.63) is 0 Å². The van der Waals surface area contributed by atoms with Gasteiger partial charge in [0.25, 0.3) is 0 Å². The number of rotatable bonds is 6. The fraction of sp³-hybridized carbons (Fsp3) is 0.903. The van der Waals surface area contributed by atoms with Crippen LogP contribution in [0, 0.1) is 0 Å². The van der Waals surface area contributed by atoms with Crippen molar-refractivity contribution in [2.45, 2.75) is 178 Å². The molecule has 3 fully saturated rings. The number of hydrogen-bond acceptors (Lipinski definition) is 12. The number of thioether (sulfide) groups is 1. The van der Waals surface area contributed by atoms with Gasteiger partial charge in [0.05, 0.1) is 0 Å². The highest BCUT2D eigenvalue weighted by atomic mass is 32.2. The number of nitrogens with one attached hydrogen (secondary N) is 1. The van der Waals surface area contributed by atoms with Crippen molar-refractivity contribution < 1.29 is 15.6 Å². The van der Waals surface area contributed by atoms with Gasteiger partial charge in [-0.2, -0.15) is 30.1 Å². The van der Waals surface area contributed by atoms with Gasteiger partial charge < -0.3 is 25.8 Å². The summed E-state index contributed by atoms with van der Waals surface area (Å²) in [7, 11) is 0. The molecule has 0 aliphatic carbocycles. The van der Waals surface area contributed by atoms with Crippen molar-refractivity contribution in [2.75, 3.05) is 16.5 Å². The Labute approximate surface area is 263 Å². The van der Waals surface area contributed by atoms with Crippen molar-refractivity contribution in [3.63, 3.8) is 0 Å². The van der Waals surface area contributed by atoms with Crippen LogP contribution in [0.25, 0.3) is 0 Å². The fourth-order valence-corrected chi connectivity index (χ4v) is 8.98. The molecule has 43 heavy (non-hydrogen) atoms. The van der Waals surface area contributed by atoms with Crippen molar-refractivity contribution >= 4 is 23.7 Å². The highest BCUT2D eigenvalue weighted by Gasteiger charge is 2.52. The van der Waals surface area contributed by atoms with Crippen molar-refractivity contribution in [1.29, 1.82) is 0 Å². The molecule has 3 aliphatic heterocycles. The number of anilines is 2. The maximum atomic E-state index is 11.2. The van der Waals surface area contributed by atoms with E-state index in [4.69, 9.17) is 15.0 Å². The van der Waals surface area contributed by atoms with Gasteiger partial charge in [-0.25, -0.2) is 0 Å². The smallest absolute Gasteiger partial charge is 0.231 e. The summed E-state index contributed by atoms with van der Waals surface area (Å²) in [6.45, 7) is 25.0. The summed E-state index contributed by atoms with van der Waals surface area (Å²) in [5, 5.41) is 42.0. The Morgan fingerprint density at radius 2 is 0.953 bits per heavy atom. The van der Waals surface area contributed by atoms with Crippen LogP contribution in [0.5, 0.6) is 0 Å². The molecule has 4 heterocycles. The van der Waals surface area contributed by atoms with Gasteiger partial charge in [-0.1, -0.05) is 11.8 Å². The molecule has 0 bridgehead atoms. The highest BCUT2D eigenvalue weighted by Crippen LogP contribution is 2.45. The first-order valence-corrected chi connectivity index (χ1v) is 17.0. The molecule has 0 unspecified atom stereocenters. The standard InChI is InChI=1S/C31H58N8O3S/c1-26(2)14-20(15-27(3,4)37(26)40)32-23-33-24(35-25(34-23)43-13)36(21-16-28(5,6)38(41)29(7,8)17-21)22-18-30(9,10)39(42)31(11,12)19-22/h20-22,40-42H,14-19H2,1-13H3,(H,32,33,34,35). The average Bonchev–Trinajstić information content (AvgIpc) is 2.83. The van der Waals surface area contributed by atoms with E-state index in [1.165, 1.54) is 27.0 Å². The third kappa shape index (κ3) is 6.80. The van der Waals surface area contributed by atoms with E-state index >= 15 is 0 Å². The summed E-state index contributed by atoms with van der Waals surface area (Å²) < 4.78 is 0. The van der Waals surface area contributed by atoms with E-state index in [0.29, 0.717) is 17.1 Å². The van der Waals surface area contributed by atoms with Gasteiger partial charge in [0.1, 0.15) is 0 Å². The fourth-order valence-electron chi connectivity index (χ4n) is 8.63. The number of aromatic nitrogens is 3. The van der Waals surface area contributed by atoms with Crippen LogP contribution in [0.15, 0.2) is 5.16 Å². The maximum Gasteiger partial charge on any atom is 0.231 e. The van der Waals surface area contributed by atoms with Crippen LogP contribution >= 0.6 is 11.8 Å². The first kappa shape index (κ1) is 34.6. The SMILES string of the molecule is CSc1nc(NC2CC(C)(C)N(O)C(C)(C)C2)nc(N(C2CC(C)(C)N(O)C(C)(C)C2)C2CC(C)(C)N(O)C(C)(C)C2)n1. The number of hydroxylamine groups is 6. The van der Waals surface area contributed by atoms with Gasteiger partial charge in [-0.15, -0.1) is 0 Å². The molecule has 0 amide bonds. The number of piperidine rings is 3. The molecule has 0 atom stereocenters. The molecule has 3 aliphatic rings. The average molecular weight is 623 g/mol. The third-order valence-electron chi connectivity index (χ3n) is 10.0. The van der Waals surface area contributed by atoms with Gasteiger partial charge in [-0.3, -0.25) is 0 Å². The van der Waals surface area contributed by atoms with Gasteiger partial charge in [-0.05, 0) is 128 Å². The molecule has 0 radical (unpaired) electrons. The molecular formula is C31H58N8O3S. The van der Waals surface area contributed by atoms with Gasteiger partial charge in [0.15, 0.2) is 5.16 Å². The molecule has 246 valence electrons. The summed E-state index contributed by atoms with van der Waals surface area (Å²) in [6.07, 6.45) is 6.38. The van der Waals surface area contributed by atoms with E-state index in [1.54, 1.807) is 0 Å². The van der Waals surface area contributed by atoms with Crippen LogP contribution < -0.4 is 10.2 Å². The Kier molecular flexibility index (Phi) is 9.01. The monoisotopic (exact) mass is 622 g/mol. The van der Waals surface area contributed by atoms with E-state index in [9.17, 15) is 15.6 Å². The van der Waals surface area contributed by atoms with Crippen LogP contribution in [-0.4, -0.2) is 103 Å². The van der Waals surface area contributed by atoms with E-state index < -0.39 is 33.2 Å². The van der Waals surface area contributed by atoms with Crippen LogP contribution in [-0.2, 0) is 0 Å². The van der Waals surface area contributed by atoms with E-state index in [1.807, 2.05) is 6.26 Å². The Morgan fingerprint density at radius 3 is 1.30 bits per heavy atom. The molecular weight excluding hydrogens is 564 g/mol. The lowest BCUT2D eigenvalue weighted by Gasteiger charge is -2.58. The normalized spacial score (nSPS) is 28.1. The Balaban J connectivity index is 1.79. The summed E-state index contributed by atoms with van der Waals surface area (Å²) in [6, 6.07) is 0.171. The number of hydrogen-bond donors (Lipinski definition) is 4. The summed E-state index contributed by atoms with van der Waals surface area (Å²) >= 11 is 1.50. The molecule has 1 aromatic heterocycles. The second kappa shape index (κ2) is 11.2. The van der Waals surface area contributed by atoms with Crippen molar-refractivity contribution in [3.8, 4) is 0 Å². The molecule has 4 N–H and O–H groups in total. The summed E-state index contributed by atoms with van der Waals surface area (Å²) in [5.74, 6) is 1.17. The van der Waals surface area contributed by atoms with E-state index in [0.717, 1.165) is 38.5 Å². The molecule has 12 heteroatoms. The van der Waals surface area contributed by atoms with E-state index in [2.05, 4.69) is 93.3 Å².